The van der Waals surface area contributed by atoms with Crippen molar-refractivity contribution in [1.29, 1.82) is 0 Å². The monoisotopic (exact) mass is 243 g/mol. The van der Waals surface area contributed by atoms with Crippen LogP contribution < -0.4 is 5.32 Å². The van der Waals surface area contributed by atoms with Crippen LogP contribution in [-0.2, 0) is 9.53 Å². The molecule has 0 aromatic heterocycles. The van der Waals surface area contributed by atoms with Gasteiger partial charge in [-0.05, 0) is 26.2 Å². The van der Waals surface area contributed by atoms with Gasteiger partial charge in [0.05, 0.1) is 12.7 Å². The molecular weight excluding hydrogens is 218 g/mol. The molecule has 2 unspecified atom stereocenters. The Bertz CT molecular complexity index is 227. The highest BCUT2D eigenvalue weighted by atomic mass is 16.5. The Morgan fingerprint density at radius 3 is 2.71 bits per heavy atom. The molecular formula is C13H25NO3. The molecule has 0 bridgehead atoms. The van der Waals surface area contributed by atoms with Crippen LogP contribution in [-0.4, -0.2) is 36.4 Å². The molecule has 0 saturated heterocycles. The molecule has 4 nitrogen and oxygen atoms in total. The zero-order valence-corrected chi connectivity index (χ0v) is 10.9. The van der Waals surface area contributed by atoms with Gasteiger partial charge < -0.3 is 15.2 Å². The molecule has 2 atom stereocenters. The van der Waals surface area contributed by atoms with Crippen molar-refractivity contribution in [1.82, 2.24) is 5.32 Å². The summed E-state index contributed by atoms with van der Waals surface area (Å²) in [5, 5.41) is 12.9. The Morgan fingerprint density at radius 2 is 2.12 bits per heavy atom. The maximum Gasteiger partial charge on any atom is 0.322 e. The third-order valence-corrected chi connectivity index (χ3v) is 3.38. The SMILES string of the molecule is CCOC(=O)C(C)NCC(O)CC1CCCC1. The summed E-state index contributed by atoms with van der Waals surface area (Å²) in [6.45, 7) is 4.42. The van der Waals surface area contributed by atoms with E-state index in [1.165, 1.54) is 25.7 Å². The normalized spacial score (nSPS) is 20.2. The molecule has 17 heavy (non-hydrogen) atoms. The van der Waals surface area contributed by atoms with Crippen LogP contribution in [0, 0.1) is 5.92 Å². The summed E-state index contributed by atoms with van der Waals surface area (Å²) in [5.74, 6) is 0.422. The van der Waals surface area contributed by atoms with Gasteiger partial charge in [-0.2, -0.15) is 0 Å². The number of aliphatic hydroxyl groups is 1. The number of nitrogens with one attached hydrogen (secondary N) is 1. The highest BCUT2D eigenvalue weighted by Crippen LogP contribution is 2.28. The number of hydrogen-bond donors (Lipinski definition) is 2. The summed E-state index contributed by atoms with van der Waals surface area (Å²) in [5.41, 5.74) is 0. The minimum Gasteiger partial charge on any atom is -0.465 e. The Morgan fingerprint density at radius 1 is 1.47 bits per heavy atom. The summed E-state index contributed by atoms with van der Waals surface area (Å²) in [7, 11) is 0. The van der Waals surface area contributed by atoms with Gasteiger partial charge in [0.25, 0.3) is 0 Å². The molecule has 1 fully saturated rings. The van der Waals surface area contributed by atoms with E-state index in [0.29, 0.717) is 19.1 Å². The van der Waals surface area contributed by atoms with Gasteiger partial charge in [0, 0.05) is 6.54 Å². The van der Waals surface area contributed by atoms with Crippen molar-refractivity contribution in [2.75, 3.05) is 13.2 Å². The van der Waals surface area contributed by atoms with Crippen molar-refractivity contribution >= 4 is 5.97 Å². The summed E-state index contributed by atoms with van der Waals surface area (Å²) in [6.07, 6.45) is 5.57. The molecule has 1 aliphatic rings. The van der Waals surface area contributed by atoms with Crippen LogP contribution in [0.2, 0.25) is 0 Å². The smallest absolute Gasteiger partial charge is 0.322 e. The number of ether oxygens (including phenoxy) is 1. The Hall–Kier alpha value is -0.610. The van der Waals surface area contributed by atoms with E-state index < -0.39 is 0 Å². The molecule has 2 N–H and O–H groups in total. The zero-order valence-electron chi connectivity index (χ0n) is 10.9. The van der Waals surface area contributed by atoms with Gasteiger partial charge >= 0.3 is 5.97 Å². The second kappa shape index (κ2) is 7.67. The Kier molecular flexibility index (Phi) is 6.52. The topological polar surface area (TPSA) is 58.6 Å². The second-order valence-corrected chi connectivity index (χ2v) is 4.92. The molecule has 0 heterocycles. The van der Waals surface area contributed by atoms with Crippen molar-refractivity contribution in [3.05, 3.63) is 0 Å². The van der Waals surface area contributed by atoms with Crippen LogP contribution >= 0.6 is 0 Å². The van der Waals surface area contributed by atoms with E-state index in [2.05, 4.69) is 5.32 Å². The van der Waals surface area contributed by atoms with Crippen LogP contribution in [0.5, 0.6) is 0 Å². The average Bonchev–Trinajstić information content (AvgIpc) is 2.79. The number of rotatable bonds is 7. The number of carbonyl (C=O) groups excluding carboxylic acids is 1. The van der Waals surface area contributed by atoms with E-state index in [1.54, 1.807) is 13.8 Å². The predicted molar refractivity (Wildman–Crippen MR) is 66.7 cm³/mol. The van der Waals surface area contributed by atoms with Crippen LogP contribution in [0.3, 0.4) is 0 Å². The van der Waals surface area contributed by atoms with Crippen molar-refractivity contribution in [3.63, 3.8) is 0 Å². The fourth-order valence-electron chi connectivity index (χ4n) is 2.38. The maximum absolute atomic E-state index is 11.3. The van der Waals surface area contributed by atoms with Gasteiger partial charge in [-0.25, -0.2) is 0 Å². The molecule has 0 aliphatic heterocycles. The minimum atomic E-state index is -0.352. The largest absolute Gasteiger partial charge is 0.465 e. The number of aliphatic hydroxyl groups excluding tert-OH is 1. The first-order valence-electron chi connectivity index (χ1n) is 6.71. The number of esters is 1. The van der Waals surface area contributed by atoms with Gasteiger partial charge in [0.1, 0.15) is 6.04 Å². The molecule has 0 spiro atoms. The first-order valence-corrected chi connectivity index (χ1v) is 6.71. The van der Waals surface area contributed by atoms with E-state index in [1.807, 2.05) is 0 Å². The maximum atomic E-state index is 11.3. The number of carbonyl (C=O) groups is 1. The minimum absolute atomic E-state index is 0.249. The quantitative estimate of drug-likeness (QED) is 0.665. The molecule has 0 radical (unpaired) electrons. The van der Waals surface area contributed by atoms with Crippen molar-refractivity contribution < 1.29 is 14.6 Å². The van der Waals surface area contributed by atoms with E-state index >= 15 is 0 Å². The van der Waals surface area contributed by atoms with Crippen LogP contribution in [0.4, 0.5) is 0 Å². The average molecular weight is 243 g/mol. The van der Waals surface area contributed by atoms with E-state index in [0.717, 1.165) is 6.42 Å². The summed E-state index contributed by atoms with van der Waals surface area (Å²) >= 11 is 0. The lowest BCUT2D eigenvalue weighted by molar-refractivity contribution is -0.145. The fraction of sp³-hybridized carbons (Fsp3) is 0.923. The Balaban J connectivity index is 2.13. The third-order valence-electron chi connectivity index (χ3n) is 3.38. The van der Waals surface area contributed by atoms with E-state index in [9.17, 15) is 9.90 Å². The molecule has 0 amide bonds. The standard InChI is InChI=1S/C13H25NO3/c1-3-17-13(16)10(2)14-9-12(15)8-11-6-4-5-7-11/h10-12,14-15H,3-9H2,1-2H3. The predicted octanol–water partition coefficient (Wildman–Crippen LogP) is 1.47. The van der Waals surface area contributed by atoms with E-state index in [4.69, 9.17) is 4.74 Å². The van der Waals surface area contributed by atoms with Crippen molar-refractivity contribution in [2.24, 2.45) is 5.92 Å². The third kappa shape index (κ3) is 5.50. The van der Waals surface area contributed by atoms with Gasteiger partial charge in [-0.3, -0.25) is 4.79 Å². The summed E-state index contributed by atoms with van der Waals surface area (Å²) in [6, 6.07) is -0.340. The number of hydrogen-bond acceptors (Lipinski definition) is 4. The molecule has 1 rings (SSSR count). The molecule has 0 aromatic carbocycles. The molecule has 1 saturated carbocycles. The second-order valence-electron chi connectivity index (χ2n) is 4.92. The zero-order chi connectivity index (χ0) is 12.7. The first kappa shape index (κ1) is 14.5. The Labute approximate surface area is 104 Å². The molecule has 100 valence electrons. The lowest BCUT2D eigenvalue weighted by Crippen LogP contribution is -2.40. The summed E-state index contributed by atoms with van der Waals surface area (Å²) in [4.78, 5) is 11.3. The van der Waals surface area contributed by atoms with Crippen LogP contribution in [0.15, 0.2) is 0 Å². The van der Waals surface area contributed by atoms with Gasteiger partial charge in [-0.15, -0.1) is 0 Å². The van der Waals surface area contributed by atoms with Crippen LogP contribution in [0.1, 0.15) is 46.0 Å². The van der Waals surface area contributed by atoms with Gasteiger partial charge in [-0.1, -0.05) is 25.7 Å². The lowest BCUT2D eigenvalue weighted by Gasteiger charge is -2.18. The van der Waals surface area contributed by atoms with Crippen molar-refractivity contribution in [2.45, 2.75) is 58.1 Å². The van der Waals surface area contributed by atoms with Crippen molar-refractivity contribution in [3.8, 4) is 0 Å². The highest BCUT2D eigenvalue weighted by Gasteiger charge is 2.20. The molecule has 1 aliphatic carbocycles. The highest BCUT2D eigenvalue weighted by molar-refractivity contribution is 5.75. The van der Waals surface area contributed by atoms with Gasteiger partial charge in [0.2, 0.25) is 0 Å². The lowest BCUT2D eigenvalue weighted by atomic mass is 10.00. The molecule has 0 aromatic rings. The summed E-state index contributed by atoms with van der Waals surface area (Å²) < 4.78 is 4.89. The fourth-order valence-corrected chi connectivity index (χ4v) is 2.38. The van der Waals surface area contributed by atoms with Crippen LogP contribution in [0.25, 0.3) is 0 Å². The van der Waals surface area contributed by atoms with Gasteiger partial charge in [0.15, 0.2) is 0 Å². The molecule has 4 heteroatoms. The first-order chi connectivity index (χ1) is 8.13. The van der Waals surface area contributed by atoms with E-state index in [-0.39, 0.29) is 18.1 Å².